The number of benzene rings is 1. The predicted molar refractivity (Wildman–Crippen MR) is 91.5 cm³/mol. The van der Waals surface area contributed by atoms with Crippen LogP contribution in [-0.4, -0.2) is 53.2 Å². The standard InChI is InChI=1S/C18H24N4O2/c1-21-10-9-20-18(21)16-13-19-8-11-22(16)17(23)14-24-12-7-15-5-3-2-4-6-15/h2-6,9-10,16,19H,7-8,11-14H2,1H3. The van der Waals surface area contributed by atoms with Gasteiger partial charge in [0.2, 0.25) is 5.91 Å². The Hall–Kier alpha value is -2.18. The van der Waals surface area contributed by atoms with Crippen LogP contribution >= 0.6 is 0 Å². The SMILES string of the molecule is Cn1ccnc1C1CNCCN1C(=O)COCCc1ccccc1. The van der Waals surface area contributed by atoms with Gasteiger partial charge in [-0.15, -0.1) is 0 Å². The summed E-state index contributed by atoms with van der Waals surface area (Å²) in [5, 5.41) is 3.34. The molecule has 3 rings (SSSR count). The Morgan fingerprint density at radius 2 is 2.21 bits per heavy atom. The summed E-state index contributed by atoms with van der Waals surface area (Å²) in [6.07, 6.45) is 4.49. The predicted octanol–water partition coefficient (Wildman–Crippen LogP) is 1.15. The molecule has 0 bridgehead atoms. The number of carbonyl (C=O) groups is 1. The lowest BCUT2D eigenvalue weighted by Crippen LogP contribution is -2.50. The highest BCUT2D eigenvalue weighted by molar-refractivity contribution is 5.78. The number of imidazole rings is 1. The second-order valence-electron chi connectivity index (χ2n) is 5.99. The second-order valence-corrected chi connectivity index (χ2v) is 5.99. The highest BCUT2D eigenvalue weighted by atomic mass is 16.5. The first-order chi connectivity index (χ1) is 11.8. The van der Waals surface area contributed by atoms with Gasteiger partial charge in [-0.05, 0) is 12.0 Å². The molecule has 2 heterocycles. The molecule has 6 heteroatoms. The van der Waals surface area contributed by atoms with Crippen molar-refractivity contribution in [1.29, 1.82) is 0 Å². The number of nitrogens with one attached hydrogen (secondary N) is 1. The Kier molecular flexibility index (Phi) is 5.61. The first kappa shape index (κ1) is 16.7. The molecule has 1 fully saturated rings. The lowest BCUT2D eigenvalue weighted by molar-refractivity contribution is -0.139. The summed E-state index contributed by atoms with van der Waals surface area (Å²) in [6.45, 7) is 2.87. The average Bonchev–Trinajstić information content (AvgIpc) is 3.05. The zero-order valence-corrected chi connectivity index (χ0v) is 14.0. The van der Waals surface area contributed by atoms with Crippen molar-refractivity contribution in [3.63, 3.8) is 0 Å². The van der Waals surface area contributed by atoms with Crippen molar-refractivity contribution >= 4 is 5.91 Å². The number of nitrogens with zero attached hydrogens (tertiary/aromatic N) is 3. The quantitative estimate of drug-likeness (QED) is 0.808. The van der Waals surface area contributed by atoms with E-state index in [2.05, 4.69) is 22.4 Å². The molecule has 128 valence electrons. The van der Waals surface area contributed by atoms with Crippen molar-refractivity contribution in [2.45, 2.75) is 12.5 Å². The van der Waals surface area contributed by atoms with E-state index < -0.39 is 0 Å². The van der Waals surface area contributed by atoms with Crippen LogP contribution in [-0.2, 0) is 23.0 Å². The summed E-state index contributed by atoms with van der Waals surface area (Å²) >= 11 is 0. The summed E-state index contributed by atoms with van der Waals surface area (Å²) in [7, 11) is 1.95. The van der Waals surface area contributed by atoms with E-state index in [1.165, 1.54) is 5.56 Å². The van der Waals surface area contributed by atoms with Gasteiger partial charge < -0.3 is 19.5 Å². The molecule has 1 aliphatic heterocycles. The number of hydrogen-bond acceptors (Lipinski definition) is 4. The summed E-state index contributed by atoms with van der Waals surface area (Å²) in [6, 6.07) is 10.1. The maximum absolute atomic E-state index is 12.6. The average molecular weight is 328 g/mol. The summed E-state index contributed by atoms with van der Waals surface area (Å²) in [4.78, 5) is 18.8. The van der Waals surface area contributed by atoms with Gasteiger partial charge in [-0.25, -0.2) is 4.98 Å². The molecular weight excluding hydrogens is 304 g/mol. The summed E-state index contributed by atoms with van der Waals surface area (Å²) in [5.74, 6) is 0.928. The maximum Gasteiger partial charge on any atom is 0.249 e. The van der Waals surface area contributed by atoms with Crippen molar-refractivity contribution in [2.24, 2.45) is 7.05 Å². The minimum absolute atomic E-state index is 0.0255. The van der Waals surface area contributed by atoms with E-state index in [0.29, 0.717) is 13.2 Å². The van der Waals surface area contributed by atoms with E-state index in [9.17, 15) is 4.79 Å². The van der Waals surface area contributed by atoms with Gasteiger partial charge in [-0.3, -0.25) is 4.79 Å². The number of ether oxygens (including phenoxy) is 1. The first-order valence-corrected chi connectivity index (χ1v) is 8.35. The van der Waals surface area contributed by atoms with E-state index in [1.807, 2.05) is 40.9 Å². The molecule has 24 heavy (non-hydrogen) atoms. The number of aromatic nitrogens is 2. The fourth-order valence-electron chi connectivity index (χ4n) is 3.01. The van der Waals surface area contributed by atoms with Gasteiger partial charge in [0.1, 0.15) is 18.5 Å². The molecule has 1 aliphatic rings. The van der Waals surface area contributed by atoms with Crippen LogP contribution in [0.2, 0.25) is 0 Å². The van der Waals surface area contributed by atoms with Gasteiger partial charge in [-0.1, -0.05) is 30.3 Å². The largest absolute Gasteiger partial charge is 0.371 e. The van der Waals surface area contributed by atoms with Crippen molar-refractivity contribution < 1.29 is 9.53 Å². The molecule has 6 nitrogen and oxygen atoms in total. The van der Waals surface area contributed by atoms with Gasteiger partial charge in [0, 0.05) is 39.1 Å². The molecule has 0 saturated carbocycles. The topological polar surface area (TPSA) is 59.4 Å². The normalized spacial score (nSPS) is 17.9. The smallest absolute Gasteiger partial charge is 0.249 e. The molecule has 0 spiro atoms. The lowest BCUT2D eigenvalue weighted by Gasteiger charge is -2.35. The maximum atomic E-state index is 12.6. The summed E-state index contributed by atoms with van der Waals surface area (Å²) < 4.78 is 7.58. The van der Waals surface area contributed by atoms with Crippen molar-refractivity contribution in [3.05, 3.63) is 54.1 Å². The highest BCUT2D eigenvalue weighted by Crippen LogP contribution is 2.20. The number of carbonyl (C=O) groups excluding carboxylic acids is 1. The van der Waals surface area contributed by atoms with E-state index >= 15 is 0 Å². The minimum Gasteiger partial charge on any atom is -0.371 e. The van der Waals surface area contributed by atoms with Gasteiger partial charge in [0.15, 0.2) is 0 Å². The van der Waals surface area contributed by atoms with E-state index in [1.54, 1.807) is 6.20 Å². The third-order valence-electron chi connectivity index (χ3n) is 4.32. The third-order valence-corrected chi connectivity index (χ3v) is 4.32. The Labute approximate surface area is 142 Å². The van der Waals surface area contributed by atoms with Crippen LogP contribution in [0.5, 0.6) is 0 Å². The molecule has 0 aliphatic carbocycles. The van der Waals surface area contributed by atoms with Crippen LogP contribution < -0.4 is 5.32 Å². The molecule has 1 saturated heterocycles. The number of piperazine rings is 1. The third kappa shape index (κ3) is 4.01. The van der Waals surface area contributed by atoms with Gasteiger partial charge >= 0.3 is 0 Å². The molecule has 0 radical (unpaired) electrons. The van der Waals surface area contributed by atoms with E-state index in [0.717, 1.165) is 25.3 Å². The Morgan fingerprint density at radius 3 is 2.96 bits per heavy atom. The van der Waals surface area contributed by atoms with Crippen molar-refractivity contribution in [1.82, 2.24) is 19.8 Å². The lowest BCUT2D eigenvalue weighted by atomic mass is 10.1. The number of amides is 1. The summed E-state index contributed by atoms with van der Waals surface area (Å²) in [5.41, 5.74) is 1.22. The van der Waals surface area contributed by atoms with Crippen LogP contribution in [0, 0.1) is 0 Å². The fraction of sp³-hybridized carbons (Fsp3) is 0.444. The molecule has 1 N–H and O–H groups in total. The van der Waals surface area contributed by atoms with Crippen LogP contribution in [0.3, 0.4) is 0 Å². The molecule has 2 aromatic rings. The second kappa shape index (κ2) is 8.08. The highest BCUT2D eigenvalue weighted by Gasteiger charge is 2.30. The molecule has 1 aromatic heterocycles. The van der Waals surface area contributed by atoms with Crippen molar-refractivity contribution in [3.8, 4) is 0 Å². The number of rotatable bonds is 6. The molecule has 1 atom stereocenters. The monoisotopic (exact) mass is 328 g/mol. The fourth-order valence-corrected chi connectivity index (χ4v) is 3.01. The Balaban J connectivity index is 1.52. The Morgan fingerprint density at radius 1 is 1.38 bits per heavy atom. The molecular formula is C18H24N4O2. The van der Waals surface area contributed by atoms with E-state index in [-0.39, 0.29) is 18.6 Å². The van der Waals surface area contributed by atoms with E-state index in [4.69, 9.17) is 4.74 Å². The van der Waals surface area contributed by atoms with Crippen molar-refractivity contribution in [2.75, 3.05) is 32.8 Å². The van der Waals surface area contributed by atoms with Crippen LogP contribution in [0.4, 0.5) is 0 Å². The number of hydrogen-bond donors (Lipinski definition) is 1. The molecule has 1 aromatic carbocycles. The van der Waals surface area contributed by atoms with Gasteiger partial charge in [0.25, 0.3) is 0 Å². The zero-order chi connectivity index (χ0) is 16.8. The Bertz CT molecular complexity index is 656. The van der Waals surface area contributed by atoms with Gasteiger partial charge in [0.05, 0.1) is 6.61 Å². The van der Waals surface area contributed by atoms with Gasteiger partial charge in [-0.2, -0.15) is 0 Å². The zero-order valence-electron chi connectivity index (χ0n) is 14.0. The number of aryl methyl sites for hydroxylation is 1. The van der Waals surface area contributed by atoms with Crippen LogP contribution in [0.25, 0.3) is 0 Å². The minimum atomic E-state index is -0.0380. The molecule has 1 unspecified atom stereocenters. The van der Waals surface area contributed by atoms with Crippen LogP contribution in [0.1, 0.15) is 17.4 Å². The molecule has 1 amide bonds. The van der Waals surface area contributed by atoms with Crippen LogP contribution in [0.15, 0.2) is 42.7 Å². The first-order valence-electron chi connectivity index (χ1n) is 8.35.